The van der Waals surface area contributed by atoms with Gasteiger partial charge in [-0.3, -0.25) is 9.48 Å². The van der Waals surface area contributed by atoms with Crippen molar-refractivity contribution < 1.29 is 9.90 Å². The lowest BCUT2D eigenvalue weighted by Gasteiger charge is -2.05. The van der Waals surface area contributed by atoms with Crippen molar-refractivity contribution in [3.63, 3.8) is 0 Å². The van der Waals surface area contributed by atoms with Gasteiger partial charge in [0.15, 0.2) is 0 Å². The van der Waals surface area contributed by atoms with Crippen LogP contribution >= 0.6 is 0 Å². The summed E-state index contributed by atoms with van der Waals surface area (Å²) in [4.78, 5) is 11.9. The number of rotatable bonds is 4. The van der Waals surface area contributed by atoms with Crippen LogP contribution in [0, 0.1) is 6.92 Å². The number of benzene rings is 1. The highest BCUT2D eigenvalue weighted by Crippen LogP contribution is 2.17. The quantitative estimate of drug-likeness (QED) is 0.872. The van der Waals surface area contributed by atoms with E-state index >= 15 is 0 Å². The van der Waals surface area contributed by atoms with E-state index in [4.69, 9.17) is 0 Å². The third-order valence-corrected chi connectivity index (χ3v) is 2.91. The SMILES string of the molecule is Cc1ccc(C(=O)NCCc2ccn(C)n2)cc1O. The molecule has 1 aromatic carbocycles. The van der Waals surface area contributed by atoms with Gasteiger partial charge in [-0.25, -0.2) is 0 Å². The zero-order valence-electron chi connectivity index (χ0n) is 11.1. The highest BCUT2D eigenvalue weighted by Gasteiger charge is 2.07. The zero-order valence-corrected chi connectivity index (χ0v) is 11.1. The molecular weight excluding hydrogens is 242 g/mol. The topological polar surface area (TPSA) is 67.2 Å². The van der Waals surface area contributed by atoms with Gasteiger partial charge in [-0.05, 0) is 30.7 Å². The monoisotopic (exact) mass is 259 g/mol. The number of hydrogen-bond donors (Lipinski definition) is 2. The van der Waals surface area contributed by atoms with E-state index in [1.54, 1.807) is 23.7 Å². The molecule has 0 atom stereocenters. The van der Waals surface area contributed by atoms with E-state index in [1.165, 1.54) is 6.07 Å². The first-order valence-electron chi connectivity index (χ1n) is 6.12. The van der Waals surface area contributed by atoms with E-state index in [0.29, 0.717) is 18.5 Å². The summed E-state index contributed by atoms with van der Waals surface area (Å²) in [6, 6.07) is 6.82. The molecule has 1 aromatic heterocycles. The molecule has 5 heteroatoms. The number of aromatic hydroxyl groups is 1. The fourth-order valence-corrected chi connectivity index (χ4v) is 1.75. The van der Waals surface area contributed by atoms with Crippen molar-refractivity contribution in [2.45, 2.75) is 13.3 Å². The third-order valence-electron chi connectivity index (χ3n) is 2.91. The van der Waals surface area contributed by atoms with Crippen LogP contribution < -0.4 is 5.32 Å². The average Bonchev–Trinajstić information content (AvgIpc) is 2.78. The van der Waals surface area contributed by atoms with E-state index in [2.05, 4.69) is 10.4 Å². The Hall–Kier alpha value is -2.30. The van der Waals surface area contributed by atoms with Crippen molar-refractivity contribution in [2.24, 2.45) is 7.05 Å². The minimum atomic E-state index is -0.189. The number of aryl methyl sites for hydroxylation is 2. The lowest BCUT2D eigenvalue weighted by molar-refractivity contribution is 0.0953. The van der Waals surface area contributed by atoms with Crippen molar-refractivity contribution >= 4 is 5.91 Å². The molecule has 1 heterocycles. The first-order chi connectivity index (χ1) is 9.06. The van der Waals surface area contributed by atoms with E-state index in [1.807, 2.05) is 19.3 Å². The van der Waals surface area contributed by atoms with Crippen molar-refractivity contribution in [1.29, 1.82) is 0 Å². The summed E-state index contributed by atoms with van der Waals surface area (Å²) in [5.41, 5.74) is 2.16. The molecule has 2 rings (SSSR count). The normalized spacial score (nSPS) is 10.4. The van der Waals surface area contributed by atoms with Crippen LogP contribution in [0.1, 0.15) is 21.6 Å². The van der Waals surface area contributed by atoms with Gasteiger partial charge >= 0.3 is 0 Å². The lowest BCUT2D eigenvalue weighted by Crippen LogP contribution is -2.25. The Morgan fingerprint density at radius 3 is 2.84 bits per heavy atom. The molecule has 0 spiro atoms. The van der Waals surface area contributed by atoms with E-state index in [-0.39, 0.29) is 11.7 Å². The smallest absolute Gasteiger partial charge is 0.251 e. The van der Waals surface area contributed by atoms with Gasteiger partial charge in [-0.2, -0.15) is 5.10 Å². The summed E-state index contributed by atoms with van der Waals surface area (Å²) in [6.45, 7) is 2.31. The molecule has 0 radical (unpaired) electrons. The molecule has 0 aliphatic rings. The highest BCUT2D eigenvalue weighted by molar-refractivity contribution is 5.94. The predicted octanol–water partition coefficient (Wildman–Crippen LogP) is 1.41. The largest absolute Gasteiger partial charge is 0.508 e. The van der Waals surface area contributed by atoms with Crippen LogP contribution in [-0.4, -0.2) is 27.3 Å². The Morgan fingerprint density at radius 1 is 1.42 bits per heavy atom. The molecule has 0 fully saturated rings. The molecule has 1 amide bonds. The van der Waals surface area contributed by atoms with Gasteiger partial charge in [0.1, 0.15) is 5.75 Å². The number of aromatic nitrogens is 2. The molecular formula is C14H17N3O2. The first kappa shape index (κ1) is 13.1. The molecule has 0 aliphatic heterocycles. The van der Waals surface area contributed by atoms with Crippen LogP contribution in [0.4, 0.5) is 0 Å². The number of nitrogens with one attached hydrogen (secondary N) is 1. The fourth-order valence-electron chi connectivity index (χ4n) is 1.75. The number of hydrogen-bond acceptors (Lipinski definition) is 3. The molecule has 0 unspecified atom stereocenters. The Balaban J connectivity index is 1.89. The summed E-state index contributed by atoms with van der Waals surface area (Å²) >= 11 is 0. The van der Waals surface area contributed by atoms with Crippen molar-refractivity contribution in [1.82, 2.24) is 15.1 Å². The minimum Gasteiger partial charge on any atom is -0.508 e. The number of carbonyl (C=O) groups is 1. The van der Waals surface area contributed by atoms with E-state index < -0.39 is 0 Å². The second-order valence-electron chi connectivity index (χ2n) is 4.49. The minimum absolute atomic E-state index is 0.136. The number of phenolic OH excluding ortho intramolecular Hbond substituents is 1. The number of carbonyl (C=O) groups excluding carboxylic acids is 1. The van der Waals surface area contributed by atoms with Gasteiger partial charge in [0.2, 0.25) is 0 Å². The maximum Gasteiger partial charge on any atom is 0.251 e. The number of nitrogens with zero attached hydrogens (tertiary/aromatic N) is 2. The zero-order chi connectivity index (χ0) is 13.8. The Bertz CT molecular complexity index is 590. The summed E-state index contributed by atoms with van der Waals surface area (Å²) in [5, 5.41) is 16.6. The number of phenols is 1. The van der Waals surface area contributed by atoms with Crippen molar-refractivity contribution in [2.75, 3.05) is 6.54 Å². The van der Waals surface area contributed by atoms with Crippen LogP contribution in [0.3, 0.4) is 0 Å². The first-order valence-corrected chi connectivity index (χ1v) is 6.12. The molecule has 0 bridgehead atoms. The molecule has 0 aliphatic carbocycles. The molecule has 0 saturated heterocycles. The van der Waals surface area contributed by atoms with Gasteiger partial charge in [-0.1, -0.05) is 6.07 Å². The average molecular weight is 259 g/mol. The van der Waals surface area contributed by atoms with Crippen molar-refractivity contribution in [3.8, 4) is 5.75 Å². The van der Waals surface area contributed by atoms with Gasteiger partial charge in [0.25, 0.3) is 5.91 Å². The standard InChI is InChI=1S/C14H17N3O2/c1-10-3-4-11(9-13(10)18)14(19)15-7-5-12-6-8-17(2)16-12/h3-4,6,8-9,18H,5,7H2,1-2H3,(H,15,19). The van der Waals surface area contributed by atoms with Crippen LogP contribution in [0.25, 0.3) is 0 Å². The summed E-state index contributed by atoms with van der Waals surface area (Å²) in [7, 11) is 1.86. The summed E-state index contributed by atoms with van der Waals surface area (Å²) < 4.78 is 1.73. The van der Waals surface area contributed by atoms with Crippen LogP contribution in [-0.2, 0) is 13.5 Å². The van der Waals surface area contributed by atoms with Crippen LogP contribution in [0.5, 0.6) is 5.75 Å². The van der Waals surface area contributed by atoms with Gasteiger partial charge in [-0.15, -0.1) is 0 Å². The van der Waals surface area contributed by atoms with Gasteiger partial charge < -0.3 is 10.4 Å². The van der Waals surface area contributed by atoms with Crippen molar-refractivity contribution in [3.05, 3.63) is 47.3 Å². The molecule has 5 nitrogen and oxygen atoms in total. The second kappa shape index (κ2) is 5.56. The Kier molecular flexibility index (Phi) is 3.85. The van der Waals surface area contributed by atoms with Crippen LogP contribution in [0.15, 0.2) is 30.5 Å². The van der Waals surface area contributed by atoms with Crippen LogP contribution in [0.2, 0.25) is 0 Å². The summed E-state index contributed by atoms with van der Waals surface area (Å²) in [6.07, 6.45) is 2.56. The summed E-state index contributed by atoms with van der Waals surface area (Å²) in [5.74, 6) is -0.0522. The van der Waals surface area contributed by atoms with Gasteiger partial charge in [0.05, 0.1) is 5.69 Å². The fraction of sp³-hybridized carbons (Fsp3) is 0.286. The molecule has 100 valence electrons. The van der Waals surface area contributed by atoms with E-state index in [0.717, 1.165) is 11.3 Å². The maximum absolute atomic E-state index is 11.9. The lowest BCUT2D eigenvalue weighted by atomic mass is 10.1. The molecule has 0 saturated carbocycles. The Labute approximate surface area is 111 Å². The predicted molar refractivity (Wildman–Crippen MR) is 72.1 cm³/mol. The molecule has 19 heavy (non-hydrogen) atoms. The third kappa shape index (κ3) is 3.34. The van der Waals surface area contributed by atoms with Gasteiger partial charge in [0, 0.05) is 31.8 Å². The Morgan fingerprint density at radius 2 is 2.21 bits per heavy atom. The highest BCUT2D eigenvalue weighted by atomic mass is 16.3. The maximum atomic E-state index is 11.9. The number of amides is 1. The second-order valence-corrected chi connectivity index (χ2v) is 4.49. The molecule has 2 aromatic rings. The molecule has 2 N–H and O–H groups in total. The van der Waals surface area contributed by atoms with E-state index in [9.17, 15) is 9.90 Å².